The molecule has 0 radical (unpaired) electrons. The van der Waals surface area contributed by atoms with Crippen LogP contribution in [0.2, 0.25) is 0 Å². The zero-order valence-electron chi connectivity index (χ0n) is 13.8. The van der Waals surface area contributed by atoms with Gasteiger partial charge in [0.2, 0.25) is 10.0 Å². The molecule has 1 aliphatic heterocycles. The second-order valence-corrected chi connectivity index (χ2v) is 9.15. The van der Waals surface area contributed by atoms with E-state index in [4.69, 9.17) is 4.52 Å². The van der Waals surface area contributed by atoms with Crippen molar-refractivity contribution in [1.29, 1.82) is 0 Å². The zero-order chi connectivity index (χ0) is 17.3. The average Bonchev–Trinajstić information content (AvgIpc) is 2.98. The Morgan fingerprint density at radius 1 is 1.29 bits per heavy atom. The number of benzene rings is 1. The lowest BCUT2D eigenvalue weighted by molar-refractivity contribution is 0.275. The van der Waals surface area contributed by atoms with Crippen LogP contribution in [0.15, 0.2) is 33.3 Å². The van der Waals surface area contributed by atoms with Crippen LogP contribution in [0.1, 0.15) is 41.3 Å². The van der Waals surface area contributed by atoms with Gasteiger partial charge in [-0.25, -0.2) is 12.7 Å². The van der Waals surface area contributed by atoms with Gasteiger partial charge in [-0.3, -0.25) is 0 Å². The smallest absolute Gasteiger partial charge is 0.218 e. The maximum absolute atomic E-state index is 12.7. The molecule has 2 heterocycles. The first-order valence-electron chi connectivity index (χ1n) is 8.02. The molecule has 1 aromatic carbocycles. The summed E-state index contributed by atoms with van der Waals surface area (Å²) in [4.78, 5) is 0. The van der Waals surface area contributed by atoms with Gasteiger partial charge in [-0.15, -0.1) is 0 Å². The molecule has 0 bridgehead atoms. The lowest BCUT2D eigenvalue weighted by atomic mass is 9.95. The molecule has 0 atom stereocenters. The molecule has 1 aliphatic rings. The van der Waals surface area contributed by atoms with Crippen molar-refractivity contribution >= 4 is 26.0 Å². The van der Waals surface area contributed by atoms with Gasteiger partial charge in [0.25, 0.3) is 0 Å². The van der Waals surface area contributed by atoms with Gasteiger partial charge in [0.1, 0.15) is 5.76 Å². The number of piperidine rings is 1. The monoisotopic (exact) mass is 412 g/mol. The molecular weight excluding hydrogens is 392 g/mol. The maximum atomic E-state index is 12.7. The zero-order valence-corrected chi connectivity index (χ0v) is 16.2. The van der Waals surface area contributed by atoms with Crippen molar-refractivity contribution in [2.75, 3.05) is 13.1 Å². The highest BCUT2D eigenvalue weighted by molar-refractivity contribution is 9.10. The van der Waals surface area contributed by atoms with Crippen molar-refractivity contribution in [2.45, 2.75) is 38.4 Å². The van der Waals surface area contributed by atoms with Crippen molar-refractivity contribution in [3.63, 3.8) is 0 Å². The Morgan fingerprint density at radius 2 is 2.00 bits per heavy atom. The Labute approximate surface area is 151 Å². The van der Waals surface area contributed by atoms with E-state index in [-0.39, 0.29) is 11.7 Å². The third-order valence-corrected chi connectivity index (χ3v) is 7.30. The summed E-state index contributed by atoms with van der Waals surface area (Å²) in [6.07, 6.45) is 1.54. The van der Waals surface area contributed by atoms with E-state index in [1.54, 1.807) is 4.31 Å². The molecule has 1 aromatic heterocycles. The summed E-state index contributed by atoms with van der Waals surface area (Å²) in [6, 6.07) is 7.62. The standard InChI is InChI=1S/C17H21BrN2O3S/c1-12-10-17(23-19-12)14-6-8-20(9-7-14)24(21,22)11-15-4-3-5-16(18)13(15)2/h3-5,10,14H,6-9,11H2,1-2H3. The van der Waals surface area contributed by atoms with Crippen LogP contribution in [-0.4, -0.2) is 31.0 Å². The Hall–Kier alpha value is -1.18. The number of sulfonamides is 1. The van der Waals surface area contributed by atoms with Crippen molar-refractivity contribution in [3.05, 3.63) is 51.3 Å². The Balaban J connectivity index is 1.67. The summed E-state index contributed by atoms with van der Waals surface area (Å²) in [6.45, 7) is 4.89. The van der Waals surface area contributed by atoms with Crippen LogP contribution in [0, 0.1) is 13.8 Å². The molecule has 0 amide bonds. The van der Waals surface area contributed by atoms with E-state index in [1.165, 1.54) is 0 Å². The number of nitrogens with zero attached hydrogens (tertiary/aromatic N) is 2. The van der Waals surface area contributed by atoms with E-state index in [2.05, 4.69) is 21.1 Å². The molecule has 2 aromatic rings. The number of hydrogen-bond donors (Lipinski definition) is 0. The summed E-state index contributed by atoms with van der Waals surface area (Å²) in [5.74, 6) is 1.17. The summed E-state index contributed by atoms with van der Waals surface area (Å²) in [5.41, 5.74) is 2.69. The Bertz CT molecular complexity index is 824. The molecule has 7 heteroatoms. The summed E-state index contributed by atoms with van der Waals surface area (Å²) >= 11 is 3.46. The largest absolute Gasteiger partial charge is 0.361 e. The van der Waals surface area contributed by atoms with E-state index in [9.17, 15) is 8.42 Å². The molecule has 1 saturated heterocycles. The molecule has 0 N–H and O–H groups in total. The van der Waals surface area contributed by atoms with E-state index in [0.717, 1.165) is 39.9 Å². The number of rotatable bonds is 4. The van der Waals surface area contributed by atoms with E-state index in [0.29, 0.717) is 13.1 Å². The van der Waals surface area contributed by atoms with Gasteiger partial charge in [-0.05, 0) is 43.9 Å². The lowest BCUT2D eigenvalue weighted by Gasteiger charge is -2.30. The summed E-state index contributed by atoms with van der Waals surface area (Å²) in [5, 5.41) is 3.92. The predicted octanol–water partition coefficient (Wildman–Crippen LogP) is 3.76. The van der Waals surface area contributed by atoms with Crippen LogP contribution in [0.5, 0.6) is 0 Å². The first-order valence-corrected chi connectivity index (χ1v) is 10.4. The highest BCUT2D eigenvalue weighted by Crippen LogP contribution is 2.30. The van der Waals surface area contributed by atoms with Crippen molar-refractivity contribution in [2.24, 2.45) is 0 Å². The van der Waals surface area contributed by atoms with Gasteiger partial charge < -0.3 is 4.52 Å². The molecule has 1 fully saturated rings. The molecular formula is C17H21BrN2O3S. The number of aryl methyl sites for hydroxylation is 1. The first kappa shape index (κ1) is 17.6. The normalized spacial score (nSPS) is 17.3. The molecule has 0 aliphatic carbocycles. The molecule has 24 heavy (non-hydrogen) atoms. The van der Waals surface area contributed by atoms with Crippen molar-refractivity contribution in [3.8, 4) is 0 Å². The fourth-order valence-electron chi connectivity index (χ4n) is 3.09. The van der Waals surface area contributed by atoms with Crippen LogP contribution >= 0.6 is 15.9 Å². The number of hydrogen-bond acceptors (Lipinski definition) is 4. The minimum Gasteiger partial charge on any atom is -0.361 e. The second-order valence-electron chi connectivity index (χ2n) is 6.32. The molecule has 0 saturated carbocycles. The third-order valence-electron chi connectivity index (χ3n) is 4.61. The Morgan fingerprint density at radius 3 is 2.62 bits per heavy atom. The fourth-order valence-corrected chi connectivity index (χ4v) is 5.15. The molecule has 5 nitrogen and oxygen atoms in total. The Kier molecular flexibility index (Phi) is 5.13. The SMILES string of the molecule is Cc1cc(C2CCN(S(=O)(=O)Cc3cccc(Br)c3C)CC2)on1. The second kappa shape index (κ2) is 6.98. The molecule has 130 valence electrons. The molecule has 0 spiro atoms. The van der Waals surface area contributed by atoms with Crippen LogP contribution in [0.3, 0.4) is 0 Å². The van der Waals surface area contributed by atoms with Crippen LogP contribution in [0.25, 0.3) is 0 Å². The maximum Gasteiger partial charge on any atom is 0.218 e. The molecule has 3 rings (SSSR count). The average molecular weight is 413 g/mol. The van der Waals surface area contributed by atoms with Gasteiger partial charge in [-0.2, -0.15) is 0 Å². The number of aromatic nitrogens is 1. The van der Waals surface area contributed by atoms with Crippen molar-refractivity contribution < 1.29 is 12.9 Å². The van der Waals surface area contributed by atoms with Crippen LogP contribution < -0.4 is 0 Å². The van der Waals surface area contributed by atoms with Crippen molar-refractivity contribution in [1.82, 2.24) is 9.46 Å². The van der Waals surface area contributed by atoms with E-state index < -0.39 is 10.0 Å². The minimum absolute atomic E-state index is 0.0460. The minimum atomic E-state index is -3.31. The van der Waals surface area contributed by atoms with Crippen LogP contribution in [0.4, 0.5) is 0 Å². The quantitative estimate of drug-likeness (QED) is 0.766. The highest BCUT2D eigenvalue weighted by atomic mass is 79.9. The van der Waals surface area contributed by atoms with Gasteiger partial charge in [0.15, 0.2) is 0 Å². The van der Waals surface area contributed by atoms with Gasteiger partial charge in [0, 0.05) is 29.5 Å². The highest BCUT2D eigenvalue weighted by Gasteiger charge is 2.30. The number of halogens is 1. The molecule has 0 unspecified atom stereocenters. The third kappa shape index (κ3) is 3.73. The first-order chi connectivity index (χ1) is 11.4. The fraction of sp³-hybridized carbons (Fsp3) is 0.471. The van der Waals surface area contributed by atoms with E-state index in [1.807, 2.05) is 38.1 Å². The van der Waals surface area contributed by atoms with Crippen LogP contribution in [-0.2, 0) is 15.8 Å². The summed E-state index contributed by atoms with van der Waals surface area (Å²) < 4.78 is 33.4. The topological polar surface area (TPSA) is 63.4 Å². The van der Waals surface area contributed by atoms with Gasteiger partial charge in [-0.1, -0.05) is 33.2 Å². The van der Waals surface area contributed by atoms with E-state index >= 15 is 0 Å². The van der Waals surface area contributed by atoms with Gasteiger partial charge in [0.05, 0.1) is 11.4 Å². The lowest BCUT2D eigenvalue weighted by Crippen LogP contribution is -2.38. The van der Waals surface area contributed by atoms with Gasteiger partial charge >= 0.3 is 0 Å². The predicted molar refractivity (Wildman–Crippen MR) is 96.3 cm³/mol. The summed E-state index contributed by atoms with van der Waals surface area (Å²) in [7, 11) is -3.31.